The summed E-state index contributed by atoms with van der Waals surface area (Å²) < 4.78 is 11.2. The average molecular weight is 421 g/mol. The largest absolute Gasteiger partial charge is 0.494 e. The number of carbonyl (C=O) groups is 1. The monoisotopic (exact) mass is 420 g/mol. The summed E-state index contributed by atoms with van der Waals surface area (Å²) in [5.74, 6) is 1.76. The van der Waals surface area contributed by atoms with Crippen molar-refractivity contribution < 1.29 is 14.3 Å². The third-order valence-electron chi connectivity index (χ3n) is 5.98. The predicted molar refractivity (Wildman–Crippen MR) is 128 cm³/mol. The molecule has 1 saturated carbocycles. The molecule has 1 aliphatic carbocycles. The molecule has 2 aromatic rings. The standard InChI is InChI=1S/C28H36O3/c1-2-3-4-5-9-22-30-26-17-12-23(13-18-26)14-21-28(29)31-27-19-15-25(16-20-27)24-10-7-6-8-11-24/h12-21,24H,2-11,22H2,1H3. The van der Waals surface area contributed by atoms with Crippen LogP contribution in [-0.4, -0.2) is 12.6 Å². The van der Waals surface area contributed by atoms with Gasteiger partial charge in [-0.25, -0.2) is 4.79 Å². The Morgan fingerprint density at radius 1 is 0.871 bits per heavy atom. The van der Waals surface area contributed by atoms with Gasteiger partial charge in [0, 0.05) is 6.08 Å². The Bertz CT molecular complexity index is 799. The summed E-state index contributed by atoms with van der Waals surface area (Å²) in [4.78, 5) is 12.2. The molecule has 0 saturated heterocycles. The van der Waals surface area contributed by atoms with Crippen LogP contribution in [0.1, 0.15) is 88.2 Å². The topological polar surface area (TPSA) is 35.5 Å². The molecule has 31 heavy (non-hydrogen) atoms. The van der Waals surface area contributed by atoms with Gasteiger partial charge in [0.2, 0.25) is 0 Å². The predicted octanol–water partition coefficient (Wildman–Crippen LogP) is 7.70. The summed E-state index contributed by atoms with van der Waals surface area (Å²) in [6.45, 7) is 2.98. The van der Waals surface area contributed by atoms with Gasteiger partial charge in [0.25, 0.3) is 0 Å². The van der Waals surface area contributed by atoms with Crippen LogP contribution in [-0.2, 0) is 4.79 Å². The summed E-state index contributed by atoms with van der Waals surface area (Å²) in [5, 5.41) is 0. The van der Waals surface area contributed by atoms with Crippen LogP contribution in [0.25, 0.3) is 6.08 Å². The van der Waals surface area contributed by atoms with Crippen molar-refractivity contribution in [3.05, 3.63) is 65.7 Å². The van der Waals surface area contributed by atoms with Gasteiger partial charge < -0.3 is 9.47 Å². The molecule has 0 aliphatic heterocycles. The van der Waals surface area contributed by atoms with Crippen molar-refractivity contribution in [3.63, 3.8) is 0 Å². The molecule has 0 N–H and O–H groups in total. The van der Waals surface area contributed by atoms with E-state index >= 15 is 0 Å². The van der Waals surface area contributed by atoms with Crippen LogP contribution in [0.3, 0.4) is 0 Å². The second kappa shape index (κ2) is 13.0. The van der Waals surface area contributed by atoms with Crippen molar-refractivity contribution >= 4 is 12.0 Å². The lowest BCUT2D eigenvalue weighted by Crippen LogP contribution is -2.06. The first kappa shape index (κ1) is 23.1. The van der Waals surface area contributed by atoms with E-state index in [2.05, 4.69) is 19.1 Å². The van der Waals surface area contributed by atoms with Gasteiger partial charge >= 0.3 is 5.97 Å². The van der Waals surface area contributed by atoms with Gasteiger partial charge in [-0.1, -0.05) is 76.1 Å². The molecule has 3 heteroatoms. The van der Waals surface area contributed by atoms with Gasteiger partial charge in [0.15, 0.2) is 0 Å². The molecule has 0 unspecified atom stereocenters. The molecule has 1 fully saturated rings. The van der Waals surface area contributed by atoms with E-state index in [9.17, 15) is 4.79 Å². The summed E-state index contributed by atoms with van der Waals surface area (Å²) in [5.41, 5.74) is 2.30. The molecule has 166 valence electrons. The minimum absolute atomic E-state index is 0.363. The minimum Gasteiger partial charge on any atom is -0.494 e. The van der Waals surface area contributed by atoms with Gasteiger partial charge in [-0.3, -0.25) is 0 Å². The maximum atomic E-state index is 12.2. The fourth-order valence-electron chi connectivity index (χ4n) is 4.13. The van der Waals surface area contributed by atoms with Crippen molar-refractivity contribution in [1.29, 1.82) is 0 Å². The molecule has 1 aliphatic rings. The van der Waals surface area contributed by atoms with Gasteiger partial charge in [0.1, 0.15) is 11.5 Å². The third kappa shape index (κ3) is 8.24. The van der Waals surface area contributed by atoms with Crippen molar-refractivity contribution in [1.82, 2.24) is 0 Å². The lowest BCUT2D eigenvalue weighted by Gasteiger charge is -2.21. The van der Waals surface area contributed by atoms with E-state index in [0.29, 0.717) is 11.7 Å². The van der Waals surface area contributed by atoms with E-state index in [0.717, 1.165) is 24.3 Å². The van der Waals surface area contributed by atoms with Gasteiger partial charge in [-0.15, -0.1) is 0 Å². The Balaban J connectivity index is 1.41. The molecule has 0 aromatic heterocycles. The van der Waals surface area contributed by atoms with Crippen molar-refractivity contribution in [3.8, 4) is 11.5 Å². The van der Waals surface area contributed by atoms with Crippen LogP contribution in [0.5, 0.6) is 11.5 Å². The first-order chi connectivity index (χ1) is 15.2. The number of ether oxygens (including phenoxy) is 2. The molecular weight excluding hydrogens is 384 g/mol. The Morgan fingerprint density at radius 3 is 2.26 bits per heavy atom. The van der Waals surface area contributed by atoms with E-state index in [4.69, 9.17) is 9.47 Å². The van der Waals surface area contributed by atoms with Crippen molar-refractivity contribution in [2.75, 3.05) is 6.61 Å². The van der Waals surface area contributed by atoms with E-state index in [1.807, 2.05) is 36.4 Å². The van der Waals surface area contributed by atoms with Gasteiger partial charge in [-0.05, 0) is 66.6 Å². The lowest BCUT2D eigenvalue weighted by molar-refractivity contribution is -0.128. The zero-order valence-corrected chi connectivity index (χ0v) is 18.9. The maximum absolute atomic E-state index is 12.2. The molecule has 3 rings (SSSR count). The summed E-state index contributed by atoms with van der Waals surface area (Å²) in [6.07, 6.45) is 15.9. The first-order valence-corrected chi connectivity index (χ1v) is 12.0. The summed E-state index contributed by atoms with van der Waals surface area (Å²) in [7, 11) is 0. The van der Waals surface area contributed by atoms with Crippen LogP contribution in [0.2, 0.25) is 0 Å². The fourth-order valence-corrected chi connectivity index (χ4v) is 4.13. The smallest absolute Gasteiger partial charge is 0.336 e. The first-order valence-electron chi connectivity index (χ1n) is 12.0. The Labute approximate surface area is 187 Å². The fraction of sp³-hybridized carbons (Fsp3) is 0.464. The van der Waals surface area contributed by atoms with E-state index in [1.165, 1.54) is 69.4 Å². The highest BCUT2D eigenvalue weighted by atomic mass is 16.5. The normalized spacial score (nSPS) is 14.6. The Hall–Kier alpha value is -2.55. The van der Waals surface area contributed by atoms with Crippen LogP contribution >= 0.6 is 0 Å². The van der Waals surface area contributed by atoms with Crippen LogP contribution in [0.15, 0.2) is 54.6 Å². The number of rotatable bonds is 11. The summed E-state index contributed by atoms with van der Waals surface area (Å²) in [6, 6.07) is 15.8. The third-order valence-corrected chi connectivity index (χ3v) is 5.98. The van der Waals surface area contributed by atoms with Crippen LogP contribution in [0.4, 0.5) is 0 Å². The number of carbonyl (C=O) groups excluding carboxylic acids is 1. The van der Waals surface area contributed by atoms with E-state index in [1.54, 1.807) is 6.08 Å². The zero-order chi connectivity index (χ0) is 21.7. The Kier molecular flexibility index (Phi) is 9.69. The molecule has 0 amide bonds. The zero-order valence-electron chi connectivity index (χ0n) is 18.9. The number of hydrogen-bond donors (Lipinski definition) is 0. The molecular formula is C28H36O3. The number of unbranched alkanes of at least 4 members (excludes halogenated alkanes) is 4. The quantitative estimate of drug-likeness (QED) is 0.162. The molecule has 0 atom stereocenters. The molecule has 0 heterocycles. The number of benzene rings is 2. The van der Waals surface area contributed by atoms with Crippen LogP contribution < -0.4 is 9.47 Å². The Morgan fingerprint density at radius 2 is 1.55 bits per heavy atom. The highest BCUT2D eigenvalue weighted by Gasteiger charge is 2.15. The number of esters is 1. The molecule has 3 nitrogen and oxygen atoms in total. The van der Waals surface area contributed by atoms with E-state index in [-0.39, 0.29) is 5.97 Å². The van der Waals surface area contributed by atoms with Crippen molar-refractivity contribution in [2.45, 2.75) is 77.0 Å². The maximum Gasteiger partial charge on any atom is 0.336 e. The molecule has 0 spiro atoms. The SMILES string of the molecule is CCCCCCCOc1ccc(C=CC(=O)Oc2ccc(C3CCCCC3)cc2)cc1. The van der Waals surface area contributed by atoms with Gasteiger partial charge in [-0.2, -0.15) is 0 Å². The molecule has 2 aromatic carbocycles. The molecule has 0 radical (unpaired) electrons. The summed E-state index contributed by atoms with van der Waals surface area (Å²) >= 11 is 0. The number of hydrogen-bond acceptors (Lipinski definition) is 3. The van der Waals surface area contributed by atoms with Crippen molar-refractivity contribution in [2.24, 2.45) is 0 Å². The lowest BCUT2D eigenvalue weighted by atomic mass is 9.84. The highest BCUT2D eigenvalue weighted by Crippen LogP contribution is 2.33. The minimum atomic E-state index is -0.363. The second-order valence-electron chi connectivity index (χ2n) is 8.49. The van der Waals surface area contributed by atoms with Gasteiger partial charge in [0.05, 0.1) is 6.61 Å². The second-order valence-corrected chi connectivity index (χ2v) is 8.49. The van der Waals surface area contributed by atoms with E-state index < -0.39 is 0 Å². The average Bonchev–Trinajstić information content (AvgIpc) is 2.82. The highest BCUT2D eigenvalue weighted by molar-refractivity contribution is 5.88. The molecule has 0 bridgehead atoms. The van der Waals surface area contributed by atoms with Crippen LogP contribution in [0, 0.1) is 0 Å².